The first-order valence-corrected chi connectivity index (χ1v) is 14.6. The van der Waals surface area contributed by atoms with Crippen LogP contribution in [0.2, 0.25) is 0 Å². The van der Waals surface area contributed by atoms with Crippen molar-refractivity contribution >= 4 is 74.9 Å². The van der Waals surface area contributed by atoms with E-state index in [4.69, 9.17) is 17.0 Å². The number of nitrogens with one attached hydrogen (secondary N) is 1. The Labute approximate surface area is 247 Å². The maximum Gasteiger partial charge on any atom is 0.335 e. The third kappa shape index (κ3) is 6.81. The molecule has 2 saturated heterocycles. The van der Waals surface area contributed by atoms with Crippen molar-refractivity contribution < 1.29 is 33.0 Å². The molecule has 0 bridgehead atoms. The minimum Gasteiger partial charge on any atom is -0.478 e. The van der Waals surface area contributed by atoms with Crippen LogP contribution < -0.4 is 10.2 Å². The van der Waals surface area contributed by atoms with Crippen LogP contribution in [0.1, 0.15) is 21.7 Å². The molecule has 2 aliphatic rings. The number of carbonyl (C=O) groups is 3. The second kappa shape index (κ2) is 12.5. The van der Waals surface area contributed by atoms with Gasteiger partial charge in [-0.15, -0.1) is 11.3 Å². The van der Waals surface area contributed by atoms with Gasteiger partial charge >= 0.3 is 5.97 Å². The zero-order valence-corrected chi connectivity index (χ0v) is 23.8. The molecule has 2 N–H and O–H groups in total. The van der Waals surface area contributed by atoms with E-state index in [1.54, 1.807) is 29.7 Å². The molecule has 0 unspecified atom stereocenters. The maximum absolute atomic E-state index is 13.6. The molecule has 1 aromatic heterocycles. The summed E-state index contributed by atoms with van der Waals surface area (Å²) in [4.78, 5) is 41.9. The number of thioether (sulfide) groups is 1. The molecule has 0 saturated carbocycles. The van der Waals surface area contributed by atoms with Gasteiger partial charge in [-0.05, 0) is 59.0 Å². The number of aromatic carboxylic acids is 1. The Hall–Kier alpha value is -3.65. The summed E-state index contributed by atoms with van der Waals surface area (Å²) in [5.74, 6) is -3.70. The van der Waals surface area contributed by atoms with E-state index < -0.39 is 23.5 Å². The number of carboxylic acids is 1. The maximum atomic E-state index is 13.6. The molecule has 2 fully saturated rings. The highest BCUT2D eigenvalue weighted by Crippen LogP contribution is 2.35. The van der Waals surface area contributed by atoms with Crippen molar-refractivity contribution in [2.24, 2.45) is 0 Å². The number of ether oxygens (including phenoxy) is 1. The van der Waals surface area contributed by atoms with Crippen LogP contribution in [0.25, 0.3) is 17.2 Å². The van der Waals surface area contributed by atoms with E-state index in [2.05, 4.69) is 5.32 Å². The number of hydrogen-bond acceptors (Lipinski definition) is 8. The van der Waals surface area contributed by atoms with E-state index in [1.165, 1.54) is 28.4 Å². The van der Waals surface area contributed by atoms with Crippen LogP contribution in [0.3, 0.4) is 0 Å². The lowest BCUT2D eigenvalue weighted by molar-refractivity contribution is -0.122. The molecule has 212 valence electrons. The van der Waals surface area contributed by atoms with Crippen LogP contribution in [0.5, 0.6) is 0 Å². The fraction of sp³-hybridized carbons (Fsp3) is 0.214. The third-order valence-corrected chi connectivity index (χ3v) is 8.66. The van der Waals surface area contributed by atoms with E-state index in [0.717, 1.165) is 28.8 Å². The Bertz CT molecular complexity index is 1570. The number of carboxylic acid groups (broad SMARTS) is 1. The summed E-state index contributed by atoms with van der Waals surface area (Å²) < 4.78 is 32.6. The van der Waals surface area contributed by atoms with Crippen molar-refractivity contribution in [3.63, 3.8) is 0 Å². The minimum absolute atomic E-state index is 0.0488. The molecule has 0 aliphatic carbocycles. The predicted molar refractivity (Wildman–Crippen MR) is 159 cm³/mol. The minimum atomic E-state index is -1.11. The SMILES string of the molecule is O=C(CCN1C(=O)C(=Cc2cc(-c3ccc(F)c(F)c3)cs2)SC1=S)Nc1cc(C(=O)O)cc(N2CCOCC2)c1. The highest BCUT2D eigenvalue weighted by atomic mass is 32.2. The number of nitrogens with zero attached hydrogens (tertiary/aromatic N) is 2. The van der Waals surface area contributed by atoms with Crippen molar-refractivity contribution in [2.45, 2.75) is 6.42 Å². The van der Waals surface area contributed by atoms with E-state index in [1.807, 2.05) is 4.90 Å². The van der Waals surface area contributed by atoms with Gasteiger partial charge < -0.3 is 20.1 Å². The first-order valence-electron chi connectivity index (χ1n) is 12.5. The van der Waals surface area contributed by atoms with Gasteiger partial charge in [0.25, 0.3) is 5.91 Å². The van der Waals surface area contributed by atoms with Crippen LogP contribution in [-0.2, 0) is 14.3 Å². The van der Waals surface area contributed by atoms with Gasteiger partial charge in [0, 0.05) is 42.3 Å². The standard InChI is InChI=1S/C28H23F2N3O5S3/c29-22-2-1-16(12-23(22)30)18-11-21(40-15-18)14-24-26(35)33(28(39)41-24)4-3-25(34)31-19-9-17(27(36)37)10-20(13-19)32-5-7-38-8-6-32/h1-2,9-15H,3-8H2,(H,31,34)(H,36,37). The summed E-state index contributed by atoms with van der Waals surface area (Å²) in [6.45, 7) is 2.32. The molecule has 2 aliphatic heterocycles. The largest absolute Gasteiger partial charge is 0.478 e. The molecule has 3 heterocycles. The molecule has 0 atom stereocenters. The first-order chi connectivity index (χ1) is 19.7. The van der Waals surface area contributed by atoms with Crippen LogP contribution in [0, 0.1) is 11.6 Å². The molecular formula is C28H23F2N3O5S3. The average molecular weight is 616 g/mol. The highest BCUT2D eigenvalue weighted by Gasteiger charge is 2.32. The van der Waals surface area contributed by atoms with Crippen molar-refractivity contribution in [2.75, 3.05) is 43.1 Å². The van der Waals surface area contributed by atoms with Crippen LogP contribution in [-0.4, -0.2) is 65.0 Å². The Morgan fingerprint density at radius 1 is 1.07 bits per heavy atom. The zero-order chi connectivity index (χ0) is 29.1. The number of rotatable bonds is 8. The number of benzene rings is 2. The lowest BCUT2D eigenvalue weighted by Gasteiger charge is -2.29. The number of thiocarbonyl (C=S) groups is 1. The van der Waals surface area contributed by atoms with Crippen molar-refractivity contribution in [1.29, 1.82) is 0 Å². The van der Waals surface area contributed by atoms with Gasteiger partial charge in [-0.2, -0.15) is 0 Å². The number of carbonyl (C=O) groups excluding carboxylic acids is 2. The smallest absolute Gasteiger partial charge is 0.335 e. The summed E-state index contributed by atoms with van der Waals surface area (Å²) in [5, 5.41) is 14.1. The van der Waals surface area contributed by atoms with Gasteiger partial charge in [0.2, 0.25) is 5.91 Å². The highest BCUT2D eigenvalue weighted by molar-refractivity contribution is 8.26. The molecule has 2 amide bonds. The van der Waals surface area contributed by atoms with Gasteiger partial charge in [0.05, 0.1) is 23.7 Å². The van der Waals surface area contributed by atoms with E-state index >= 15 is 0 Å². The van der Waals surface area contributed by atoms with Crippen molar-refractivity contribution in [3.05, 3.63) is 74.8 Å². The van der Waals surface area contributed by atoms with E-state index in [9.17, 15) is 28.3 Å². The van der Waals surface area contributed by atoms with E-state index in [-0.39, 0.29) is 24.4 Å². The monoisotopic (exact) mass is 615 g/mol. The molecule has 5 rings (SSSR count). The normalized spacial score (nSPS) is 16.5. The fourth-order valence-electron chi connectivity index (χ4n) is 4.33. The number of anilines is 2. The van der Waals surface area contributed by atoms with Gasteiger partial charge in [-0.1, -0.05) is 30.0 Å². The zero-order valence-electron chi connectivity index (χ0n) is 21.4. The lowest BCUT2D eigenvalue weighted by Crippen LogP contribution is -2.36. The summed E-state index contributed by atoms with van der Waals surface area (Å²) in [7, 11) is 0. The molecule has 8 nitrogen and oxygen atoms in total. The van der Waals surface area contributed by atoms with Crippen molar-refractivity contribution in [3.8, 4) is 11.1 Å². The summed E-state index contributed by atoms with van der Waals surface area (Å²) in [6, 6.07) is 10.1. The summed E-state index contributed by atoms with van der Waals surface area (Å²) in [5.41, 5.74) is 2.27. The molecule has 2 aromatic carbocycles. The fourth-order valence-corrected chi connectivity index (χ4v) is 6.55. The molecule has 0 spiro atoms. The Morgan fingerprint density at radius 3 is 2.59 bits per heavy atom. The topological polar surface area (TPSA) is 99.2 Å². The number of thiophene rings is 1. The Kier molecular flexibility index (Phi) is 8.78. The van der Waals surface area contributed by atoms with Gasteiger partial charge in [0.1, 0.15) is 4.32 Å². The second-order valence-corrected chi connectivity index (χ2v) is 11.8. The van der Waals surface area contributed by atoms with Crippen LogP contribution in [0.4, 0.5) is 20.2 Å². The molecule has 3 aromatic rings. The average Bonchev–Trinajstić information content (AvgIpc) is 3.53. The van der Waals surface area contributed by atoms with Gasteiger partial charge in [-0.25, -0.2) is 13.6 Å². The lowest BCUT2D eigenvalue weighted by atomic mass is 10.1. The summed E-state index contributed by atoms with van der Waals surface area (Å²) >= 11 is 7.84. The van der Waals surface area contributed by atoms with Gasteiger partial charge in [-0.3, -0.25) is 14.5 Å². The Morgan fingerprint density at radius 2 is 1.85 bits per heavy atom. The summed E-state index contributed by atoms with van der Waals surface area (Å²) in [6.07, 6.45) is 1.63. The first kappa shape index (κ1) is 28.9. The second-order valence-electron chi connectivity index (χ2n) is 9.17. The predicted octanol–water partition coefficient (Wildman–Crippen LogP) is 5.46. The molecule has 13 heteroatoms. The van der Waals surface area contributed by atoms with E-state index in [0.29, 0.717) is 58.0 Å². The number of hydrogen-bond donors (Lipinski definition) is 2. The van der Waals surface area contributed by atoms with Crippen LogP contribution >= 0.6 is 35.3 Å². The van der Waals surface area contributed by atoms with Crippen LogP contribution in [0.15, 0.2) is 52.7 Å². The molecule has 41 heavy (non-hydrogen) atoms. The van der Waals surface area contributed by atoms with Crippen molar-refractivity contribution in [1.82, 2.24) is 4.90 Å². The number of halogens is 2. The Balaban J connectivity index is 1.22. The molecule has 0 radical (unpaired) electrons. The van der Waals surface area contributed by atoms with Gasteiger partial charge in [0.15, 0.2) is 11.6 Å². The molecular weight excluding hydrogens is 593 g/mol. The third-order valence-electron chi connectivity index (χ3n) is 6.41. The number of amides is 2. The number of morpholine rings is 1. The quantitative estimate of drug-likeness (QED) is 0.255.